The van der Waals surface area contributed by atoms with Gasteiger partial charge in [-0.3, -0.25) is 0 Å². The second-order valence-electron chi connectivity index (χ2n) is 2.82. The predicted octanol–water partition coefficient (Wildman–Crippen LogP) is 2.18. The van der Waals surface area contributed by atoms with E-state index in [1.54, 1.807) is 18.4 Å². The molecule has 0 unspecified atom stereocenters. The van der Waals surface area contributed by atoms with Crippen LogP contribution in [0.25, 0.3) is 0 Å². The lowest BCUT2D eigenvalue weighted by Crippen LogP contribution is -2.10. The van der Waals surface area contributed by atoms with Gasteiger partial charge in [-0.1, -0.05) is 19.1 Å². The first-order valence-electron chi connectivity index (χ1n) is 4.54. The fourth-order valence-corrected chi connectivity index (χ4v) is 2.97. The van der Waals surface area contributed by atoms with Crippen molar-refractivity contribution in [2.24, 2.45) is 5.73 Å². The molecular formula is C9H14N2OS3. The first kappa shape index (κ1) is 12.9. The highest BCUT2D eigenvalue weighted by atomic mass is 32.2. The summed E-state index contributed by atoms with van der Waals surface area (Å²) in [4.78, 5) is 5.76. The van der Waals surface area contributed by atoms with Gasteiger partial charge in [-0.05, 0) is 5.75 Å². The Balaban J connectivity index is 2.83. The van der Waals surface area contributed by atoms with Gasteiger partial charge >= 0.3 is 0 Å². The number of nitrogens with zero attached hydrogens (tertiary/aromatic N) is 1. The molecule has 6 heteroatoms. The van der Waals surface area contributed by atoms with Crippen LogP contribution < -0.4 is 5.73 Å². The van der Waals surface area contributed by atoms with Crippen molar-refractivity contribution in [3.63, 3.8) is 0 Å². The number of thioether (sulfide) groups is 1. The molecule has 1 heterocycles. The molecule has 1 rings (SSSR count). The maximum Gasteiger partial charge on any atom is 0.116 e. The molecule has 0 amide bonds. The Hall–Kier alpha value is -0.170. The van der Waals surface area contributed by atoms with E-state index in [2.05, 4.69) is 11.9 Å². The molecule has 0 fully saturated rings. The van der Waals surface area contributed by atoms with E-state index in [1.807, 2.05) is 11.8 Å². The van der Waals surface area contributed by atoms with E-state index in [4.69, 9.17) is 22.7 Å². The monoisotopic (exact) mass is 262 g/mol. The molecule has 3 nitrogen and oxygen atoms in total. The van der Waals surface area contributed by atoms with Gasteiger partial charge in [0.25, 0.3) is 0 Å². The Morgan fingerprint density at radius 1 is 1.67 bits per heavy atom. The number of rotatable bonds is 6. The topological polar surface area (TPSA) is 48.1 Å². The molecule has 0 bridgehead atoms. The summed E-state index contributed by atoms with van der Waals surface area (Å²) < 4.78 is 5.06. The number of thiocarbonyl (C=S) groups is 1. The van der Waals surface area contributed by atoms with E-state index in [1.165, 1.54) is 0 Å². The second kappa shape index (κ2) is 6.42. The van der Waals surface area contributed by atoms with Gasteiger partial charge < -0.3 is 10.5 Å². The van der Waals surface area contributed by atoms with Crippen molar-refractivity contribution < 1.29 is 4.74 Å². The zero-order valence-electron chi connectivity index (χ0n) is 8.78. The van der Waals surface area contributed by atoms with E-state index in [9.17, 15) is 0 Å². The molecule has 0 saturated carbocycles. The number of ether oxygens (including phenoxy) is 1. The molecule has 84 valence electrons. The van der Waals surface area contributed by atoms with Crippen molar-refractivity contribution in [3.8, 4) is 0 Å². The number of methoxy groups -OCH3 is 1. The van der Waals surface area contributed by atoms with Crippen LogP contribution in [0.1, 0.15) is 22.5 Å². The van der Waals surface area contributed by atoms with Crippen molar-refractivity contribution in [3.05, 3.63) is 15.6 Å². The fourth-order valence-electron chi connectivity index (χ4n) is 1.08. The SMILES string of the molecule is CCSCc1nc(COC)c(C(N)=S)s1. The minimum Gasteiger partial charge on any atom is -0.389 e. The summed E-state index contributed by atoms with van der Waals surface area (Å²) in [7, 11) is 1.64. The Morgan fingerprint density at radius 2 is 2.40 bits per heavy atom. The Labute approximate surface area is 103 Å². The molecule has 0 atom stereocenters. The summed E-state index contributed by atoms with van der Waals surface area (Å²) >= 11 is 8.38. The Kier molecular flexibility index (Phi) is 5.52. The van der Waals surface area contributed by atoms with E-state index in [-0.39, 0.29) is 0 Å². The van der Waals surface area contributed by atoms with Crippen molar-refractivity contribution in [2.75, 3.05) is 12.9 Å². The third kappa shape index (κ3) is 3.71. The van der Waals surface area contributed by atoms with Gasteiger partial charge in [0.05, 0.1) is 17.2 Å². The van der Waals surface area contributed by atoms with E-state index < -0.39 is 0 Å². The molecule has 0 aromatic carbocycles. The predicted molar refractivity (Wildman–Crippen MR) is 70.6 cm³/mol. The van der Waals surface area contributed by atoms with Crippen LogP contribution in [-0.4, -0.2) is 22.8 Å². The van der Waals surface area contributed by atoms with E-state index in [0.29, 0.717) is 11.6 Å². The van der Waals surface area contributed by atoms with Crippen molar-refractivity contribution >= 4 is 40.3 Å². The lowest BCUT2D eigenvalue weighted by Gasteiger charge is -1.97. The van der Waals surface area contributed by atoms with Crippen LogP contribution >= 0.6 is 35.3 Å². The van der Waals surface area contributed by atoms with Gasteiger partial charge in [-0.15, -0.1) is 11.3 Å². The molecule has 0 saturated heterocycles. The van der Waals surface area contributed by atoms with Crippen LogP contribution in [0.15, 0.2) is 0 Å². The average molecular weight is 262 g/mol. The zero-order chi connectivity index (χ0) is 11.3. The van der Waals surface area contributed by atoms with Gasteiger partial charge in [0, 0.05) is 12.9 Å². The first-order valence-corrected chi connectivity index (χ1v) is 6.92. The van der Waals surface area contributed by atoms with Gasteiger partial charge in [-0.2, -0.15) is 11.8 Å². The van der Waals surface area contributed by atoms with Crippen LogP contribution in [0, 0.1) is 0 Å². The molecule has 0 aliphatic rings. The zero-order valence-corrected chi connectivity index (χ0v) is 11.2. The largest absolute Gasteiger partial charge is 0.389 e. The van der Waals surface area contributed by atoms with Crippen molar-refractivity contribution in [1.82, 2.24) is 4.98 Å². The highest BCUT2D eigenvalue weighted by Crippen LogP contribution is 2.23. The summed E-state index contributed by atoms with van der Waals surface area (Å²) in [5.74, 6) is 2.00. The second-order valence-corrected chi connectivity index (χ2v) is 5.62. The summed E-state index contributed by atoms with van der Waals surface area (Å²) in [6.07, 6.45) is 0. The normalized spacial score (nSPS) is 10.5. The Morgan fingerprint density at radius 3 is 2.93 bits per heavy atom. The number of hydrogen-bond donors (Lipinski definition) is 1. The summed E-state index contributed by atoms with van der Waals surface area (Å²) in [5, 5.41) is 1.07. The summed E-state index contributed by atoms with van der Waals surface area (Å²) in [6, 6.07) is 0. The van der Waals surface area contributed by atoms with Gasteiger partial charge in [-0.25, -0.2) is 4.98 Å². The highest BCUT2D eigenvalue weighted by molar-refractivity contribution is 7.98. The lowest BCUT2D eigenvalue weighted by molar-refractivity contribution is 0.182. The maximum atomic E-state index is 5.63. The van der Waals surface area contributed by atoms with Crippen LogP contribution in [0.5, 0.6) is 0 Å². The maximum absolute atomic E-state index is 5.63. The molecule has 2 N–H and O–H groups in total. The van der Waals surface area contributed by atoms with E-state index in [0.717, 1.165) is 27.1 Å². The van der Waals surface area contributed by atoms with Crippen LogP contribution in [0.3, 0.4) is 0 Å². The first-order chi connectivity index (χ1) is 7.19. The Bertz CT molecular complexity index is 338. The van der Waals surface area contributed by atoms with Crippen LogP contribution in [-0.2, 0) is 17.1 Å². The molecule has 0 spiro atoms. The van der Waals surface area contributed by atoms with Gasteiger partial charge in [0.15, 0.2) is 0 Å². The molecule has 1 aromatic rings. The van der Waals surface area contributed by atoms with Crippen LogP contribution in [0.2, 0.25) is 0 Å². The number of aromatic nitrogens is 1. The molecule has 0 aliphatic carbocycles. The third-order valence-corrected chi connectivity index (χ3v) is 4.21. The quantitative estimate of drug-likeness (QED) is 0.796. The average Bonchev–Trinajstić information content (AvgIpc) is 2.59. The lowest BCUT2D eigenvalue weighted by atomic mass is 10.4. The molecular weight excluding hydrogens is 248 g/mol. The van der Waals surface area contributed by atoms with Gasteiger partial charge in [0.2, 0.25) is 0 Å². The smallest absolute Gasteiger partial charge is 0.116 e. The number of nitrogens with two attached hydrogens (primary N) is 1. The summed E-state index contributed by atoms with van der Waals surface area (Å²) in [5.41, 5.74) is 6.49. The van der Waals surface area contributed by atoms with Crippen molar-refractivity contribution in [1.29, 1.82) is 0 Å². The minimum atomic E-state index is 0.410. The van der Waals surface area contributed by atoms with E-state index >= 15 is 0 Å². The van der Waals surface area contributed by atoms with Gasteiger partial charge in [0.1, 0.15) is 10.00 Å². The summed E-state index contributed by atoms with van der Waals surface area (Å²) in [6.45, 7) is 2.60. The highest BCUT2D eigenvalue weighted by Gasteiger charge is 2.12. The fraction of sp³-hybridized carbons (Fsp3) is 0.556. The number of hydrogen-bond acceptors (Lipinski definition) is 5. The standard InChI is InChI=1S/C9H14N2OS3/c1-3-14-5-7-11-6(4-12-2)8(15-7)9(10)13/h3-5H2,1-2H3,(H2,10,13). The third-order valence-electron chi connectivity index (χ3n) is 1.68. The van der Waals surface area contributed by atoms with Crippen molar-refractivity contribution in [2.45, 2.75) is 19.3 Å². The molecule has 1 aromatic heterocycles. The molecule has 0 radical (unpaired) electrons. The van der Waals surface area contributed by atoms with Crippen LogP contribution in [0.4, 0.5) is 0 Å². The minimum absolute atomic E-state index is 0.410. The molecule has 0 aliphatic heterocycles. The molecule has 15 heavy (non-hydrogen) atoms. The number of thiazole rings is 1.